The monoisotopic (exact) mass is 287 g/mol. The molecule has 8 heteroatoms. The molecule has 19 heavy (non-hydrogen) atoms. The van der Waals surface area contributed by atoms with Crippen molar-refractivity contribution in [2.75, 3.05) is 13.1 Å². The molecule has 1 fully saturated rings. The molecule has 1 aliphatic heterocycles. The van der Waals surface area contributed by atoms with Crippen molar-refractivity contribution >= 4 is 15.9 Å². The van der Waals surface area contributed by atoms with Crippen LogP contribution in [0.4, 0.5) is 0 Å². The number of aromatic nitrogens is 1. The number of aliphatic hydroxyl groups excluding tert-OH is 1. The van der Waals surface area contributed by atoms with E-state index in [-0.39, 0.29) is 17.1 Å². The van der Waals surface area contributed by atoms with E-state index < -0.39 is 22.0 Å². The topological polar surface area (TPSA) is 106 Å². The molecule has 0 spiro atoms. The fraction of sp³-hybridized carbons (Fsp3) is 0.545. The van der Waals surface area contributed by atoms with E-state index in [4.69, 9.17) is 5.73 Å². The van der Waals surface area contributed by atoms with Gasteiger partial charge in [-0.15, -0.1) is 0 Å². The summed E-state index contributed by atoms with van der Waals surface area (Å²) in [6.45, 7) is 0.462. The van der Waals surface area contributed by atoms with Crippen LogP contribution in [0.5, 0.6) is 0 Å². The van der Waals surface area contributed by atoms with E-state index in [1.807, 2.05) is 0 Å². The Kier molecular flexibility index (Phi) is 3.66. The zero-order valence-corrected chi connectivity index (χ0v) is 11.4. The molecular formula is C11H17N3O4S. The van der Waals surface area contributed by atoms with Gasteiger partial charge in [-0.25, -0.2) is 8.42 Å². The van der Waals surface area contributed by atoms with E-state index in [9.17, 15) is 18.3 Å². The van der Waals surface area contributed by atoms with Gasteiger partial charge in [-0.1, -0.05) is 0 Å². The summed E-state index contributed by atoms with van der Waals surface area (Å²) in [6.07, 6.45) is 1.95. The second-order valence-corrected chi connectivity index (χ2v) is 6.63. The fourth-order valence-corrected chi connectivity index (χ4v) is 3.80. The van der Waals surface area contributed by atoms with E-state index in [1.54, 1.807) is 7.05 Å². The number of nitrogens with zero attached hydrogens (tertiary/aromatic N) is 2. The lowest BCUT2D eigenvalue weighted by atomic mass is 10.1. The van der Waals surface area contributed by atoms with E-state index in [0.717, 1.165) is 0 Å². The second kappa shape index (κ2) is 4.95. The second-order valence-electron chi connectivity index (χ2n) is 4.70. The van der Waals surface area contributed by atoms with Crippen molar-refractivity contribution in [1.29, 1.82) is 0 Å². The third-order valence-electron chi connectivity index (χ3n) is 3.23. The van der Waals surface area contributed by atoms with E-state index in [2.05, 4.69) is 0 Å². The average Bonchev–Trinajstić information content (AvgIpc) is 2.72. The molecule has 1 aliphatic rings. The summed E-state index contributed by atoms with van der Waals surface area (Å²) >= 11 is 0. The number of primary amides is 1. The first-order valence-electron chi connectivity index (χ1n) is 5.97. The minimum atomic E-state index is -3.69. The summed E-state index contributed by atoms with van der Waals surface area (Å²) in [4.78, 5) is 11.2. The predicted molar refractivity (Wildman–Crippen MR) is 67.9 cm³/mol. The minimum Gasteiger partial charge on any atom is -0.392 e. The molecular weight excluding hydrogens is 270 g/mol. The Labute approximate surface area is 111 Å². The number of carbonyl (C=O) groups is 1. The molecule has 1 amide bonds. The van der Waals surface area contributed by atoms with Crippen LogP contribution in [0.25, 0.3) is 0 Å². The van der Waals surface area contributed by atoms with E-state index >= 15 is 0 Å². The molecule has 0 bridgehead atoms. The Balaban J connectivity index is 2.34. The molecule has 1 saturated heterocycles. The first-order chi connectivity index (χ1) is 8.82. The van der Waals surface area contributed by atoms with Crippen LogP contribution in [0.1, 0.15) is 23.3 Å². The Bertz CT molecular complexity index is 593. The number of carbonyl (C=O) groups excluding carboxylic acids is 1. The molecule has 0 radical (unpaired) electrons. The number of sulfonamides is 1. The number of β-amino-alcohol motifs (C(OH)–C–C–N with tert-alkyl or cyclic N) is 1. The quantitative estimate of drug-likeness (QED) is 0.764. The summed E-state index contributed by atoms with van der Waals surface area (Å²) in [5, 5.41) is 9.55. The lowest BCUT2D eigenvalue weighted by Crippen LogP contribution is -2.41. The average molecular weight is 287 g/mol. The molecule has 0 saturated carbocycles. The SMILES string of the molecule is Cn1cc(S(=O)(=O)N2CCCC(O)C2)cc1C(N)=O. The molecule has 3 N–H and O–H groups in total. The Hall–Kier alpha value is -1.38. The van der Waals surface area contributed by atoms with Crippen molar-refractivity contribution in [3.8, 4) is 0 Å². The lowest BCUT2D eigenvalue weighted by molar-refractivity contribution is 0.0992. The highest BCUT2D eigenvalue weighted by Crippen LogP contribution is 2.22. The number of aliphatic hydroxyl groups is 1. The van der Waals surface area contributed by atoms with Gasteiger partial charge in [0.1, 0.15) is 10.6 Å². The van der Waals surface area contributed by atoms with Gasteiger partial charge in [0.05, 0.1) is 6.10 Å². The van der Waals surface area contributed by atoms with Gasteiger partial charge in [-0.2, -0.15) is 4.31 Å². The van der Waals surface area contributed by atoms with Crippen molar-refractivity contribution in [2.24, 2.45) is 12.8 Å². The van der Waals surface area contributed by atoms with Crippen LogP contribution in [0.15, 0.2) is 17.2 Å². The summed E-state index contributed by atoms with van der Waals surface area (Å²) in [5.41, 5.74) is 5.30. The highest BCUT2D eigenvalue weighted by atomic mass is 32.2. The maximum Gasteiger partial charge on any atom is 0.265 e. The van der Waals surface area contributed by atoms with Crippen LogP contribution < -0.4 is 5.73 Å². The Morgan fingerprint density at radius 2 is 2.21 bits per heavy atom. The standard InChI is InChI=1S/C11H17N3O4S/c1-13-7-9(5-10(13)11(12)16)19(17,18)14-4-2-3-8(15)6-14/h5,7-8,15H,2-4,6H2,1H3,(H2,12,16). The van der Waals surface area contributed by atoms with Crippen molar-refractivity contribution < 1.29 is 18.3 Å². The zero-order chi connectivity index (χ0) is 14.2. The number of rotatable bonds is 3. The summed E-state index contributed by atoms with van der Waals surface area (Å²) < 4.78 is 27.4. The highest BCUT2D eigenvalue weighted by Gasteiger charge is 2.30. The van der Waals surface area contributed by atoms with E-state index in [1.165, 1.54) is 21.1 Å². The van der Waals surface area contributed by atoms with Crippen LogP contribution in [0, 0.1) is 0 Å². The number of piperidine rings is 1. The normalized spacial score (nSPS) is 21.5. The first-order valence-corrected chi connectivity index (χ1v) is 7.41. The van der Waals surface area contributed by atoms with Crippen LogP contribution in [0.3, 0.4) is 0 Å². The molecule has 7 nitrogen and oxygen atoms in total. The number of nitrogens with two attached hydrogens (primary N) is 1. The van der Waals surface area contributed by atoms with Crippen molar-refractivity contribution in [3.63, 3.8) is 0 Å². The number of amides is 1. The van der Waals surface area contributed by atoms with Crippen molar-refractivity contribution in [3.05, 3.63) is 18.0 Å². The molecule has 0 aromatic carbocycles. The van der Waals surface area contributed by atoms with Crippen molar-refractivity contribution in [2.45, 2.75) is 23.8 Å². The van der Waals surface area contributed by atoms with Crippen LogP contribution >= 0.6 is 0 Å². The molecule has 2 heterocycles. The van der Waals surface area contributed by atoms with Crippen LogP contribution in [-0.4, -0.2) is 47.5 Å². The predicted octanol–water partition coefficient (Wildman–Crippen LogP) is -0.731. The maximum absolute atomic E-state index is 12.4. The number of hydrogen-bond acceptors (Lipinski definition) is 4. The van der Waals surface area contributed by atoms with Gasteiger partial charge in [-0.3, -0.25) is 4.79 Å². The Morgan fingerprint density at radius 3 is 2.74 bits per heavy atom. The van der Waals surface area contributed by atoms with Gasteiger partial charge >= 0.3 is 0 Å². The van der Waals surface area contributed by atoms with Gasteiger partial charge in [0.15, 0.2) is 0 Å². The number of aryl methyl sites for hydroxylation is 1. The fourth-order valence-electron chi connectivity index (χ4n) is 2.21. The molecule has 1 aromatic rings. The van der Waals surface area contributed by atoms with Gasteiger partial charge in [0.25, 0.3) is 5.91 Å². The molecule has 1 atom stereocenters. The highest BCUT2D eigenvalue weighted by molar-refractivity contribution is 7.89. The molecule has 2 rings (SSSR count). The Morgan fingerprint density at radius 1 is 1.53 bits per heavy atom. The largest absolute Gasteiger partial charge is 0.392 e. The van der Waals surface area contributed by atoms with Crippen molar-refractivity contribution in [1.82, 2.24) is 8.87 Å². The molecule has 106 valence electrons. The van der Waals surface area contributed by atoms with Gasteiger partial charge < -0.3 is 15.4 Å². The summed E-state index contributed by atoms with van der Waals surface area (Å²) in [6, 6.07) is 1.26. The molecule has 1 unspecified atom stereocenters. The van der Waals surface area contributed by atoms with Gasteiger partial charge in [0, 0.05) is 26.3 Å². The van der Waals surface area contributed by atoms with Crippen LogP contribution in [-0.2, 0) is 17.1 Å². The molecule has 1 aromatic heterocycles. The third-order valence-corrected chi connectivity index (χ3v) is 5.06. The lowest BCUT2D eigenvalue weighted by Gasteiger charge is -2.28. The minimum absolute atomic E-state index is 0.0258. The maximum atomic E-state index is 12.4. The zero-order valence-electron chi connectivity index (χ0n) is 10.6. The third kappa shape index (κ3) is 2.65. The molecule has 0 aliphatic carbocycles. The van der Waals surface area contributed by atoms with Gasteiger partial charge in [0.2, 0.25) is 10.0 Å². The summed E-state index contributed by atoms with van der Waals surface area (Å²) in [5.74, 6) is -0.678. The number of hydrogen-bond donors (Lipinski definition) is 2. The smallest absolute Gasteiger partial charge is 0.265 e. The summed E-state index contributed by atoms with van der Waals surface area (Å²) in [7, 11) is -2.13. The van der Waals surface area contributed by atoms with Gasteiger partial charge in [-0.05, 0) is 18.9 Å². The first kappa shape index (κ1) is 14.0. The van der Waals surface area contributed by atoms with E-state index in [0.29, 0.717) is 19.4 Å². The van der Waals surface area contributed by atoms with Crippen LogP contribution in [0.2, 0.25) is 0 Å².